The topological polar surface area (TPSA) is 107 Å². The molecule has 0 unspecified atom stereocenters. The minimum absolute atomic E-state index is 0.00796. The number of nitrogens with two attached hydrogens (primary N) is 1. The lowest BCUT2D eigenvalue weighted by Crippen LogP contribution is -2.05. The third kappa shape index (κ3) is 2.56. The third-order valence-electron chi connectivity index (χ3n) is 3.14. The Morgan fingerprint density at radius 2 is 2.19 bits per heavy atom. The highest BCUT2D eigenvalue weighted by Gasteiger charge is 2.08. The van der Waals surface area contributed by atoms with Gasteiger partial charge in [0.05, 0.1) is 31.3 Å². The summed E-state index contributed by atoms with van der Waals surface area (Å²) in [5.41, 5.74) is 7.24. The van der Waals surface area contributed by atoms with Gasteiger partial charge in [-0.3, -0.25) is 4.79 Å². The first-order valence-corrected chi connectivity index (χ1v) is 6.49. The first-order valence-electron chi connectivity index (χ1n) is 6.49. The van der Waals surface area contributed by atoms with Crippen LogP contribution >= 0.6 is 0 Å². The monoisotopic (exact) mass is 286 g/mol. The number of hydrogen-bond acceptors (Lipinski definition) is 6. The molecule has 3 N–H and O–H groups in total. The molecule has 0 saturated carbocycles. The van der Waals surface area contributed by atoms with E-state index in [4.69, 9.17) is 15.3 Å². The zero-order chi connectivity index (χ0) is 14.8. The molecule has 0 spiro atoms. The molecule has 0 fully saturated rings. The van der Waals surface area contributed by atoms with Crippen LogP contribution in [-0.4, -0.2) is 26.7 Å². The van der Waals surface area contributed by atoms with Crippen molar-refractivity contribution >= 4 is 11.0 Å². The molecule has 3 aromatic rings. The predicted octanol–water partition coefficient (Wildman–Crippen LogP) is 0.502. The largest absolute Gasteiger partial charge is 0.459 e. The molecule has 0 amide bonds. The second-order valence-corrected chi connectivity index (χ2v) is 4.58. The number of fused-ring (bicyclic) bond motifs is 1. The smallest absolute Gasteiger partial charge is 0.193 e. The lowest BCUT2D eigenvalue weighted by molar-refractivity contribution is 0.268. The van der Waals surface area contributed by atoms with Gasteiger partial charge in [0.15, 0.2) is 5.43 Å². The van der Waals surface area contributed by atoms with Crippen LogP contribution in [-0.2, 0) is 13.1 Å². The van der Waals surface area contributed by atoms with Gasteiger partial charge in [0.2, 0.25) is 0 Å². The van der Waals surface area contributed by atoms with Crippen LogP contribution in [0.3, 0.4) is 0 Å². The average molecular weight is 286 g/mol. The number of aliphatic hydroxyl groups excluding tert-OH is 1. The Morgan fingerprint density at radius 1 is 1.33 bits per heavy atom. The van der Waals surface area contributed by atoms with Crippen LogP contribution in [0.2, 0.25) is 0 Å². The van der Waals surface area contributed by atoms with E-state index in [-0.39, 0.29) is 18.6 Å². The molecule has 2 aromatic heterocycles. The Labute approximate surface area is 119 Å². The van der Waals surface area contributed by atoms with Gasteiger partial charge in [0.1, 0.15) is 17.0 Å². The Kier molecular flexibility index (Phi) is 3.51. The van der Waals surface area contributed by atoms with Gasteiger partial charge in [-0.1, -0.05) is 5.21 Å². The summed E-state index contributed by atoms with van der Waals surface area (Å²) < 4.78 is 7.07. The number of aromatic nitrogens is 3. The fraction of sp³-hybridized carbons (Fsp3) is 0.214. The molecule has 0 aliphatic carbocycles. The number of hydrogen-bond donors (Lipinski definition) is 2. The lowest BCUT2D eigenvalue weighted by Gasteiger charge is -2.02. The zero-order valence-corrected chi connectivity index (χ0v) is 11.2. The first-order chi connectivity index (χ1) is 10.2. The normalized spacial score (nSPS) is 11.1. The Hall–Kier alpha value is -2.51. The summed E-state index contributed by atoms with van der Waals surface area (Å²) in [5.74, 6) is 0.453. The van der Waals surface area contributed by atoms with Crippen molar-refractivity contribution in [3.63, 3.8) is 0 Å². The van der Waals surface area contributed by atoms with Crippen LogP contribution in [0, 0.1) is 0 Å². The van der Waals surface area contributed by atoms with Gasteiger partial charge >= 0.3 is 0 Å². The molecule has 2 heterocycles. The molecular formula is C14H14N4O3. The van der Waals surface area contributed by atoms with Crippen LogP contribution in [0.25, 0.3) is 22.2 Å². The van der Waals surface area contributed by atoms with Gasteiger partial charge in [-0.25, -0.2) is 4.68 Å². The predicted molar refractivity (Wildman–Crippen MR) is 76.5 cm³/mol. The van der Waals surface area contributed by atoms with Crippen molar-refractivity contribution < 1.29 is 9.52 Å². The number of nitrogens with zero attached hydrogens (tertiary/aromatic N) is 3. The van der Waals surface area contributed by atoms with E-state index in [1.165, 1.54) is 6.07 Å². The summed E-state index contributed by atoms with van der Waals surface area (Å²) >= 11 is 0. The molecule has 0 atom stereocenters. The van der Waals surface area contributed by atoms with E-state index in [1.807, 2.05) is 0 Å². The minimum Gasteiger partial charge on any atom is -0.459 e. The van der Waals surface area contributed by atoms with E-state index in [0.717, 1.165) is 5.56 Å². The molecular weight excluding hydrogens is 272 g/mol. The molecule has 21 heavy (non-hydrogen) atoms. The second-order valence-electron chi connectivity index (χ2n) is 4.58. The highest BCUT2D eigenvalue weighted by atomic mass is 16.3. The molecule has 7 heteroatoms. The number of benzene rings is 1. The van der Waals surface area contributed by atoms with E-state index in [1.54, 1.807) is 29.1 Å². The maximum atomic E-state index is 12.1. The third-order valence-corrected chi connectivity index (χ3v) is 3.14. The maximum Gasteiger partial charge on any atom is 0.193 e. The molecule has 0 radical (unpaired) electrons. The molecule has 3 rings (SSSR count). The van der Waals surface area contributed by atoms with Crippen molar-refractivity contribution in [3.05, 3.63) is 46.4 Å². The highest BCUT2D eigenvalue weighted by molar-refractivity contribution is 5.82. The summed E-state index contributed by atoms with van der Waals surface area (Å²) in [5, 5.41) is 17.3. The Bertz CT molecular complexity index is 838. The van der Waals surface area contributed by atoms with Crippen LogP contribution in [0.4, 0.5) is 0 Å². The highest BCUT2D eigenvalue weighted by Crippen LogP contribution is 2.21. The van der Waals surface area contributed by atoms with Crippen LogP contribution < -0.4 is 11.2 Å². The molecule has 0 aliphatic rings. The lowest BCUT2D eigenvalue weighted by atomic mass is 10.1. The Morgan fingerprint density at radius 3 is 2.95 bits per heavy atom. The molecule has 0 bridgehead atoms. The summed E-state index contributed by atoms with van der Waals surface area (Å²) in [6, 6.07) is 6.64. The van der Waals surface area contributed by atoms with Gasteiger partial charge in [0.25, 0.3) is 0 Å². The van der Waals surface area contributed by atoms with Gasteiger partial charge < -0.3 is 15.3 Å². The maximum absolute atomic E-state index is 12.1. The molecule has 1 aromatic carbocycles. The quantitative estimate of drug-likeness (QED) is 0.723. The van der Waals surface area contributed by atoms with Crippen LogP contribution in [0.5, 0.6) is 0 Å². The molecule has 0 saturated heterocycles. The van der Waals surface area contributed by atoms with Crippen molar-refractivity contribution in [2.75, 3.05) is 6.61 Å². The second kappa shape index (κ2) is 5.47. The summed E-state index contributed by atoms with van der Waals surface area (Å²) in [4.78, 5) is 12.1. The van der Waals surface area contributed by atoms with Crippen LogP contribution in [0.15, 0.2) is 39.7 Å². The fourth-order valence-electron chi connectivity index (χ4n) is 2.11. The van der Waals surface area contributed by atoms with Crippen molar-refractivity contribution in [1.82, 2.24) is 15.0 Å². The van der Waals surface area contributed by atoms with Gasteiger partial charge in [0, 0.05) is 11.6 Å². The van der Waals surface area contributed by atoms with E-state index < -0.39 is 0 Å². The van der Waals surface area contributed by atoms with E-state index in [9.17, 15) is 4.79 Å². The van der Waals surface area contributed by atoms with Gasteiger partial charge in [-0.05, 0) is 18.2 Å². The van der Waals surface area contributed by atoms with Gasteiger partial charge in [-0.15, -0.1) is 5.10 Å². The molecule has 0 aliphatic heterocycles. The van der Waals surface area contributed by atoms with E-state index in [0.29, 0.717) is 29.0 Å². The number of rotatable bonds is 4. The Balaban J connectivity index is 2.08. The van der Waals surface area contributed by atoms with Crippen molar-refractivity contribution in [2.45, 2.75) is 13.1 Å². The van der Waals surface area contributed by atoms with Crippen molar-refractivity contribution in [2.24, 2.45) is 5.73 Å². The molecule has 7 nitrogen and oxygen atoms in total. The summed E-state index contributed by atoms with van der Waals surface area (Å²) in [6.45, 7) is 0.553. The zero-order valence-electron chi connectivity index (χ0n) is 11.2. The molecule has 108 valence electrons. The standard InChI is InChI=1S/C14H14N4O3/c15-7-10-6-13(20)11-5-9(1-2-14(11)21-10)12-8-18(3-4-19)17-16-12/h1-2,5-6,8,19H,3-4,7,15H2. The van der Waals surface area contributed by atoms with Crippen LogP contribution in [0.1, 0.15) is 5.76 Å². The van der Waals surface area contributed by atoms with Crippen molar-refractivity contribution in [3.8, 4) is 11.3 Å². The number of aliphatic hydroxyl groups is 1. The van der Waals surface area contributed by atoms with Gasteiger partial charge in [-0.2, -0.15) is 0 Å². The van der Waals surface area contributed by atoms with E-state index in [2.05, 4.69) is 10.3 Å². The summed E-state index contributed by atoms with van der Waals surface area (Å²) in [7, 11) is 0. The first kappa shape index (κ1) is 13.5. The van der Waals surface area contributed by atoms with E-state index >= 15 is 0 Å². The van der Waals surface area contributed by atoms with Crippen molar-refractivity contribution in [1.29, 1.82) is 0 Å². The summed E-state index contributed by atoms with van der Waals surface area (Å²) in [6.07, 6.45) is 1.72. The SMILES string of the molecule is NCc1cc(=O)c2cc(-c3cn(CCO)nn3)ccc2o1. The fourth-order valence-corrected chi connectivity index (χ4v) is 2.11. The minimum atomic E-state index is -0.138. The average Bonchev–Trinajstić information content (AvgIpc) is 2.96.